The molecule has 0 amide bonds. The Hall–Kier alpha value is -9.84. The third kappa shape index (κ3) is 26.2. The summed E-state index contributed by atoms with van der Waals surface area (Å²) in [4.78, 5) is 75.5. The standard InChI is InChI=1S/C90H108O18/c91-85(67-37-13-14-38-67)103-55-31-7-1-25-49-97-79-61-73-74(62-80(79)98-50-26-2-8-32-56-104-86(92)68-39-15-16-40-68)76-64-82(100-52-28-4-10-34-58-106-88(94)70-43-19-20-44-70)84(102-54-30-6-12-36-60-108-90(96)72-47-23-24-48-72)66-78(76)77-65-83(101-53-29-5-11-35-59-107-89(95)71-45-21-22-46-71)81(63-75(73)77)99-51-27-3-9-33-57-105-87(93)69-41-17-18-42-69/h13-24,37,39,41,43,45,47,61-66H,1-12,25-36,38,40,42,44,46,48-60H2. The average molecular weight is 1480 g/mol. The molecule has 0 saturated carbocycles. The Kier molecular flexibility index (Phi) is 34.2. The van der Waals surface area contributed by atoms with Crippen molar-refractivity contribution in [2.45, 2.75) is 193 Å². The molecule has 0 aromatic heterocycles. The van der Waals surface area contributed by atoms with Crippen molar-refractivity contribution in [3.05, 3.63) is 179 Å². The normalized spacial score (nSPS) is 14.4. The van der Waals surface area contributed by atoms with Crippen molar-refractivity contribution in [3.8, 4) is 34.5 Å². The Morgan fingerprint density at radius 1 is 0.194 bits per heavy atom. The predicted molar refractivity (Wildman–Crippen MR) is 420 cm³/mol. The predicted octanol–water partition coefficient (Wildman–Crippen LogP) is 19.4. The summed E-state index contributed by atoms with van der Waals surface area (Å²) in [7, 11) is 0. The Morgan fingerprint density at radius 3 is 0.463 bits per heavy atom. The molecule has 0 bridgehead atoms. The number of rotatable bonds is 54. The fraction of sp³-hybridized carbons (Fsp3) is 0.467. The largest absolute Gasteiger partial charge is 0.490 e. The van der Waals surface area contributed by atoms with Gasteiger partial charge in [0.1, 0.15) is 0 Å². The second-order valence-corrected chi connectivity index (χ2v) is 27.9. The van der Waals surface area contributed by atoms with Crippen LogP contribution in [-0.2, 0) is 57.2 Å². The number of hydrogen-bond acceptors (Lipinski definition) is 18. The third-order valence-corrected chi connectivity index (χ3v) is 19.5. The molecule has 4 aromatic carbocycles. The SMILES string of the molecule is O=C(OCCCCCCOc1cc2c3cc(OCCCCCCOC(=O)C4=CC=CC4)c(OCCCCCCOC(=O)C4=CC=CC4)cc3c3cc(OCCCCCCOC(=O)C4=CC=CC4)c(OCCCCCCOC(=O)C4=CC=CC4)cc3c2cc1OCCCCCCOC(=O)C1=CC=CC1)C1=CC=CC1. The van der Waals surface area contributed by atoms with Crippen LogP contribution in [0.4, 0.5) is 0 Å². The Labute approximate surface area is 636 Å². The van der Waals surface area contributed by atoms with Crippen LogP contribution < -0.4 is 28.4 Å². The molecule has 10 rings (SSSR count). The molecule has 6 aliphatic rings. The molecule has 18 heteroatoms. The molecule has 6 aliphatic carbocycles. The number of carbonyl (C=O) groups excluding carboxylic acids is 6. The molecule has 0 N–H and O–H groups in total. The van der Waals surface area contributed by atoms with E-state index in [1.54, 1.807) is 0 Å². The highest BCUT2D eigenvalue weighted by Crippen LogP contribution is 2.48. The van der Waals surface area contributed by atoms with Gasteiger partial charge in [-0.25, -0.2) is 28.8 Å². The van der Waals surface area contributed by atoms with Crippen molar-refractivity contribution >= 4 is 68.1 Å². The number of unbranched alkanes of at least 4 members (excludes halogenated alkanes) is 18. The minimum Gasteiger partial charge on any atom is -0.490 e. The molecule has 108 heavy (non-hydrogen) atoms. The molecular weight excluding hydrogens is 1370 g/mol. The summed E-state index contributed by atoms with van der Waals surface area (Å²) < 4.78 is 74.5. The van der Waals surface area contributed by atoms with Gasteiger partial charge in [-0.2, -0.15) is 0 Å². The lowest BCUT2D eigenvalue weighted by Crippen LogP contribution is -2.08. The maximum absolute atomic E-state index is 12.6. The van der Waals surface area contributed by atoms with E-state index in [0.29, 0.717) is 186 Å². The summed E-state index contributed by atoms with van der Waals surface area (Å²) >= 11 is 0. The lowest BCUT2D eigenvalue weighted by Gasteiger charge is -2.21. The number of ether oxygens (including phenoxy) is 12. The van der Waals surface area contributed by atoms with Crippen molar-refractivity contribution in [3.63, 3.8) is 0 Å². The van der Waals surface area contributed by atoms with E-state index >= 15 is 0 Å². The summed E-state index contributed by atoms with van der Waals surface area (Å²) in [5.74, 6) is 1.95. The van der Waals surface area contributed by atoms with Crippen molar-refractivity contribution < 1.29 is 85.6 Å². The van der Waals surface area contributed by atoms with E-state index in [2.05, 4.69) is 36.4 Å². The molecule has 18 nitrogen and oxygen atoms in total. The molecule has 0 unspecified atom stereocenters. The van der Waals surface area contributed by atoms with E-state index in [1.807, 2.05) is 109 Å². The fourth-order valence-electron chi connectivity index (χ4n) is 13.3. The molecule has 0 aliphatic heterocycles. The molecule has 4 aromatic rings. The van der Waals surface area contributed by atoms with E-state index < -0.39 is 0 Å². The molecule has 0 fully saturated rings. The molecule has 0 saturated heterocycles. The van der Waals surface area contributed by atoms with Crippen LogP contribution in [0.3, 0.4) is 0 Å². The average Bonchev–Trinajstić information content (AvgIpc) is 1.10. The first kappa shape index (κ1) is 80.7. The molecule has 0 heterocycles. The van der Waals surface area contributed by atoms with Crippen molar-refractivity contribution in [2.24, 2.45) is 0 Å². The summed E-state index contributed by atoms with van der Waals surface area (Å²) in [6, 6.07) is 12.5. The first-order chi connectivity index (χ1) is 53.2. The molecule has 0 spiro atoms. The number of benzene rings is 4. The van der Waals surface area contributed by atoms with Crippen LogP contribution in [0, 0.1) is 0 Å². The first-order valence-electron chi connectivity index (χ1n) is 39.7. The zero-order valence-electron chi connectivity index (χ0n) is 62.9. The monoisotopic (exact) mass is 1480 g/mol. The topological polar surface area (TPSA) is 213 Å². The van der Waals surface area contributed by atoms with Crippen LogP contribution >= 0.6 is 0 Å². The van der Waals surface area contributed by atoms with Gasteiger partial charge in [-0.1, -0.05) is 109 Å². The first-order valence-corrected chi connectivity index (χ1v) is 39.7. The van der Waals surface area contributed by atoms with Gasteiger partial charge in [-0.05, 0) is 261 Å². The van der Waals surface area contributed by atoms with E-state index in [4.69, 9.17) is 56.8 Å². The van der Waals surface area contributed by atoms with Gasteiger partial charge in [0, 0.05) is 33.4 Å². The van der Waals surface area contributed by atoms with E-state index in [9.17, 15) is 28.8 Å². The van der Waals surface area contributed by atoms with Crippen LogP contribution in [0.5, 0.6) is 34.5 Å². The van der Waals surface area contributed by atoms with E-state index in [-0.39, 0.29) is 35.8 Å². The highest BCUT2D eigenvalue weighted by molar-refractivity contribution is 6.27. The summed E-state index contributed by atoms with van der Waals surface area (Å²) in [5.41, 5.74) is 4.04. The van der Waals surface area contributed by atoms with Gasteiger partial charge < -0.3 is 56.8 Å². The Morgan fingerprint density at radius 2 is 0.333 bits per heavy atom. The van der Waals surface area contributed by atoms with Gasteiger partial charge >= 0.3 is 35.8 Å². The molecule has 0 radical (unpaired) electrons. The lowest BCUT2D eigenvalue weighted by atomic mass is 9.93. The molecule has 576 valence electrons. The van der Waals surface area contributed by atoms with Gasteiger partial charge in [0.2, 0.25) is 0 Å². The minimum atomic E-state index is -0.264. The van der Waals surface area contributed by atoms with E-state index in [1.165, 1.54) is 0 Å². The van der Waals surface area contributed by atoms with Gasteiger partial charge in [0.05, 0.1) is 79.3 Å². The zero-order valence-corrected chi connectivity index (χ0v) is 62.9. The molecule has 0 atom stereocenters. The van der Waals surface area contributed by atoms with E-state index in [0.717, 1.165) is 186 Å². The smallest absolute Gasteiger partial charge is 0.334 e. The van der Waals surface area contributed by atoms with Crippen molar-refractivity contribution in [1.29, 1.82) is 0 Å². The number of fused-ring (bicyclic) bond motifs is 6. The van der Waals surface area contributed by atoms with Gasteiger partial charge in [0.15, 0.2) is 34.5 Å². The second kappa shape index (κ2) is 45.7. The van der Waals surface area contributed by atoms with Gasteiger partial charge in [0.25, 0.3) is 0 Å². The number of carbonyl (C=O) groups is 6. The minimum absolute atomic E-state index is 0.264. The summed E-state index contributed by atoms with van der Waals surface area (Å²) in [6.07, 6.45) is 56.6. The van der Waals surface area contributed by atoms with Crippen LogP contribution in [0.15, 0.2) is 179 Å². The van der Waals surface area contributed by atoms with Crippen LogP contribution in [0.25, 0.3) is 32.3 Å². The summed E-state index contributed by atoms with van der Waals surface area (Å²) in [5, 5.41) is 5.37. The van der Waals surface area contributed by atoms with Crippen molar-refractivity contribution in [2.75, 3.05) is 79.3 Å². The maximum Gasteiger partial charge on any atom is 0.334 e. The summed E-state index contributed by atoms with van der Waals surface area (Å²) in [6.45, 7) is 4.56. The highest BCUT2D eigenvalue weighted by atomic mass is 16.6. The maximum atomic E-state index is 12.6. The zero-order chi connectivity index (χ0) is 75.0. The Balaban J connectivity index is 0.927. The molecular formula is C90H108O18. The number of hydrogen-bond donors (Lipinski definition) is 0. The van der Waals surface area contributed by atoms with Gasteiger partial charge in [-0.3, -0.25) is 0 Å². The quantitative estimate of drug-likeness (QED) is 0.0174. The lowest BCUT2D eigenvalue weighted by molar-refractivity contribution is -0.140. The van der Waals surface area contributed by atoms with Crippen LogP contribution in [0.1, 0.15) is 193 Å². The van der Waals surface area contributed by atoms with Crippen molar-refractivity contribution in [1.82, 2.24) is 0 Å². The fourth-order valence-corrected chi connectivity index (χ4v) is 13.3. The number of esters is 6. The number of allylic oxidation sites excluding steroid dienone is 18. The van der Waals surface area contributed by atoms with Gasteiger partial charge in [-0.15, -0.1) is 0 Å². The Bertz CT molecular complexity index is 3400. The second-order valence-electron chi connectivity index (χ2n) is 27.9. The third-order valence-electron chi connectivity index (χ3n) is 19.5. The van der Waals surface area contributed by atoms with Crippen LogP contribution in [-0.4, -0.2) is 115 Å². The van der Waals surface area contributed by atoms with Crippen LogP contribution in [0.2, 0.25) is 0 Å². The highest BCUT2D eigenvalue weighted by Gasteiger charge is 2.23.